The normalized spacial score (nSPS) is 21.3. The van der Waals surface area contributed by atoms with Crippen molar-refractivity contribution in [2.24, 2.45) is 5.92 Å². The Kier molecular flexibility index (Phi) is 4.83. The van der Waals surface area contributed by atoms with E-state index >= 15 is 0 Å². The second-order valence-electron chi connectivity index (χ2n) is 5.79. The highest BCUT2D eigenvalue weighted by molar-refractivity contribution is 7.89. The maximum absolute atomic E-state index is 12.8. The topological polar surface area (TPSA) is 46.6 Å². The average molecular weight is 297 g/mol. The molecule has 112 valence electrons. The monoisotopic (exact) mass is 297 g/mol. The Morgan fingerprint density at radius 2 is 1.95 bits per heavy atom. The zero-order chi connectivity index (χ0) is 14.8. The molecule has 0 spiro atoms. The summed E-state index contributed by atoms with van der Waals surface area (Å²) in [6.07, 6.45) is 0.824. The third kappa shape index (κ3) is 3.40. The van der Waals surface area contributed by atoms with Gasteiger partial charge in [0, 0.05) is 12.6 Å². The predicted octanol–water partition coefficient (Wildman–Crippen LogP) is 2.43. The van der Waals surface area contributed by atoms with Crippen LogP contribution in [0.3, 0.4) is 0 Å². The third-order valence-corrected chi connectivity index (χ3v) is 5.51. The quantitative estimate of drug-likeness (QED) is 0.857. The molecule has 0 unspecified atom stereocenters. The Morgan fingerprint density at radius 3 is 2.55 bits per heavy atom. The van der Waals surface area contributed by atoms with Crippen LogP contribution < -0.4 is 0 Å². The molecule has 0 bridgehead atoms. The molecule has 1 atom stereocenters. The molecule has 1 heterocycles. The summed E-state index contributed by atoms with van der Waals surface area (Å²) < 4.78 is 32.6. The number of hydrogen-bond acceptors (Lipinski definition) is 3. The van der Waals surface area contributed by atoms with Crippen molar-refractivity contribution < 1.29 is 13.2 Å². The fraction of sp³-hybridized carbons (Fsp3) is 0.600. The van der Waals surface area contributed by atoms with Crippen LogP contribution in [-0.4, -0.2) is 38.5 Å². The largest absolute Gasteiger partial charge is 0.378 e. The first-order valence-corrected chi connectivity index (χ1v) is 8.51. The van der Waals surface area contributed by atoms with Crippen molar-refractivity contribution in [2.75, 3.05) is 19.8 Å². The molecule has 4 nitrogen and oxygen atoms in total. The number of sulfonamides is 1. The lowest BCUT2D eigenvalue weighted by Gasteiger charge is -2.35. The molecule has 1 aliphatic rings. The first-order chi connectivity index (χ1) is 9.41. The van der Waals surface area contributed by atoms with E-state index in [4.69, 9.17) is 4.74 Å². The summed E-state index contributed by atoms with van der Waals surface area (Å²) in [5, 5.41) is 0. The van der Waals surface area contributed by atoms with Crippen molar-refractivity contribution in [2.45, 2.75) is 38.1 Å². The molecule has 0 amide bonds. The average Bonchev–Trinajstić information content (AvgIpc) is 2.39. The van der Waals surface area contributed by atoms with Crippen LogP contribution in [0.25, 0.3) is 0 Å². The minimum atomic E-state index is -3.42. The van der Waals surface area contributed by atoms with Gasteiger partial charge in [0.1, 0.15) is 0 Å². The molecular formula is C15H23NO3S. The number of aryl methyl sites for hydroxylation is 1. The minimum absolute atomic E-state index is 0.0601. The fourth-order valence-corrected chi connectivity index (χ4v) is 4.14. The molecule has 2 rings (SSSR count). The molecule has 1 aliphatic heterocycles. The standard InChI is InChI=1S/C15H23NO3S/c1-12(2)10-14-11-19-9-8-16(14)20(17,18)15-6-4-13(3)5-7-15/h4-7,12,14H,8-11H2,1-3H3/t14-/m0/s1. The van der Waals surface area contributed by atoms with Gasteiger partial charge in [-0.3, -0.25) is 0 Å². The molecule has 0 aliphatic carbocycles. The molecule has 1 aromatic rings. The zero-order valence-corrected chi connectivity index (χ0v) is 13.2. The summed E-state index contributed by atoms with van der Waals surface area (Å²) in [5.74, 6) is 0.442. The van der Waals surface area contributed by atoms with E-state index in [9.17, 15) is 8.42 Å². The van der Waals surface area contributed by atoms with Crippen LogP contribution in [0.4, 0.5) is 0 Å². The highest BCUT2D eigenvalue weighted by Crippen LogP contribution is 2.24. The van der Waals surface area contributed by atoms with Crippen LogP contribution in [-0.2, 0) is 14.8 Å². The number of morpholine rings is 1. The number of ether oxygens (including phenoxy) is 1. The number of rotatable bonds is 4. The van der Waals surface area contributed by atoms with E-state index in [0.29, 0.717) is 30.6 Å². The zero-order valence-electron chi connectivity index (χ0n) is 12.4. The van der Waals surface area contributed by atoms with Gasteiger partial charge >= 0.3 is 0 Å². The van der Waals surface area contributed by atoms with Crippen LogP contribution in [0.15, 0.2) is 29.2 Å². The Morgan fingerprint density at radius 1 is 1.30 bits per heavy atom. The molecule has 20 heavy (non-hydrogen) atoms. The molecule has 0 N–H and O–H groups in total. The van der Waals surface area contributed by atoms with E-state index in [1.807, 2.05) is 19.1 Å². The van der Waals surface area contributed by atoms with E-state index in [0.717, 1.165) is 12.0 Å². The lowest BCUT2D eigenvalue weighted by molar-refractivity contribution is 0.0254. The third-order valence-electron chi connectivity index (χ3n) is 3.54. The summed E-state index contributed by atoms with van der Waals surface area (Å²) in [6.45, 7) is 7.56. The Balaban J connectivity index is 2.28. The van der Waals surface area contributed by atoms with E-state index in [1.54, 1.807) is 16.4 Å². The molecule has 1 aromatic carbocycles. The lowest BCUT2D eigenvalue weighted by Crippen LogP contribution is -2.49. The summed E-state index contributed by atoms with van der Waals surface area (Å²) >= 11 is 0. The second kappa shape index (κ2) is 6.24. The number of hydrogen-bond donors (Lipinski definition) is 0. The lowest BCUT2D eigenvalue weighted by atomic mass is 10.0. The smallest absolute Gasteiger partial charge is 0.243 e. The second-order valence-corrected chi connectivity index (χ2v) is 7.68. The number of benzene rings is 1. The van der Waals surface area contributed by atoms with Crippen LogP contribution in [0.5, 0.6) is 0 Å². The molecule has 0 saturated carbocycles. The van der Waals surface area contributed by atoms with Gasteiger partial charge in [-0.05, 0) is 31.4 Å². The van der Waals surface area contributed by atoms with Gasteiger partial charge < -0.3 is 4.74 Å². The van der Waals surface area contributed by atoms with Crippen molar-refractivity contribution in [1.29, 1.82) is 0 Å². The van der Waals surface area contributed by atoms with Gasteiger partial charge in [-0.25, -0.2) is 8.42 Å². The predicted molar refractivity (Wildman–Crippen MR) is 79.1 cm³/mol. The highest BCUT2D eigenvalue weighted by atomic mass is 32.2. The van der Waals surface area contributed by atoms with Gasteiger partial charge in [-0.1, -0.05) is 31.5 Å². The maximum atomic E-state index is 12.8. The van der Waals surface area contributed by atoms with Crippen molar-refractivity contribution in [3.8, 4) is 0 Å². The van der Waals surface area contributed by atoms with Crippen molar-refractivity contribution in [3.05, 3.63) is 29.8 Å². The Hall–Kier alpha value is -0.910. The van der Waals surface area contributed by atoms with Gasteiger partial charge in [0.2, 0.25) is 10.0 Å². The first-order valence-electron chi connectivity index (χ1n) is 7.07. The Labute approximate surface area is 121 Å². The fourth-order valence-electron chi connectivity index (χ4n) is 2.53. The summed E-state index contributed by atoms with van der Waals surface area (Å²) in [7, 11) is -3.42. The summed E-state index contributed by atoms with van der Waals surface area (Å²) in [4.78, 5) is 0.374. The first kappa shape index (κ1) is 15.5. The van der Waals surface area contributed by atoms with Crippen LogP contribution in [0, 0.1) is 12.8 Å². The van der Waals surface area contributed by atoms with Gasteiger partial charge in [0.15, 0.2) is 0 Å². The molecule has 1 fully saturated rings. The SMILES string of the molecule is Cc1ccc(S(=O)(=O)N2CCOC[C@@H]2CC(C)C)cc1. The van der Waals surface area contributed by atoms with Gasteiger partial charge in [-0.15, -0.1) is 0 Å². The van der Waals surface area contributed by atoms with Gasteiger partial charge in [0.25, 0.3) is 0 Å². The molecule has 0 aromatic heterocycles. The van der Waals surface area contributed by atoms with Gasteiger partial charge in [0.05, 0.1) is 18.1 Å². The Bertz CT molecular complexity index is 537. The van der Waals surface area contributed by atoms with E-state index in [1.165, 1.54) is 0 Å². The molecule has 0 radical (unpaired) electrons. The maximum Gasteiger partial charge on any atom is 0.243 e. The molecular weight excluding hydrogens is 274 g/mol. The van der Waals surface area contributed by atoms with Crippen molar-refractivity contribution in [1.82, 2.24) is 4.31 Å². The molecule has 1 saturated heterocycles. The number of nitrogens with zero attached hydrogens (tertiary/aromatic N) is 1. The van der Waals surface area contributed by atoms with Crippen molar-refractivity contribution >= 4 is 10.0 Å². The van der Waals surface area contributed by atoms with Crippen molar-refractivity contribution in [3.63, 3.8) is 0 Å². The van der Waals surface area contributed by atoms with Crippen LogP contribution >= 0.6 is 0 Å². The van der Waals surface area contributed by atoms with E-state index in [2.05, 4.69) is 13.8 Å². The van der Waals surface area contributed by atoms with Gasteiger partial charge in [-0.2, -0.15) is 4.31 Å². The van der Waals surface area contributed by atoms with E-state index in [-0.39, 0.29) is 6.04 Å². The summed E-state index contributed by atoms with van der Waals surface area (Å²) in [6, 6.07) is 6.99. The molecule has 5 heteroatoms. The minimum Gasteiger partial charge on any atom is -0.378 e. The highest BCUT2D eigenvalue weighted by Gasteiger charge is 2.34. The van der Waals surface area contributed by atoms with Crippen LogP contribution in [0.1, 0.15) is 25.8 Å². The summed E-state index contributed by atoms with van der Waals surface area (Å²) in [5.41, 5.74) is 1.06. The van der Waals surface area contributed by atoms with E-state index < -0.39 is 10.0 Å². The van der Waals surface area contributed by atoms with Crippen LogP contribution in [0.2, 0.25) is 0 Å².